The summed E-state index contributed by atoms with van der Waals surface area (Å²) < 4.78 is 183. The molecule has 1 heterocycles. The van der Waals surface area contributed by atoms with E-state index in [-0.39, 0.29) is 36.4 Å². The molecule has 0 saturated carbocycles. The third kappa shape index (κ3) is 9.17. The van der Waals surface area contributed by atoms with Gasteiger partial charge in [0, 0.05) is 25.0 Å². The summed E-state index contributed by atoms with van der Waals surface area (Å²) in [5, 5.41) is 2.96. The van der Waals surface area contributed by atoms with Crippen LogP contribution in [0.25, 0.3) is 5.57 Å². The Morgan fingerprint density at radius 1 is 0.627 bits per heavy atom. The molecule has 0 saturated heterocycles. The number of nitrogens with one attached hydrogen (secondary N) is 1. The molecule has 2 aliphatic rings. The van der Waals surface area contributed by atoms with Crippen LogP contribution >= 0.6 is 0 Å². The van der Waals surface area contributed by atoms with Gasteiger partial charge in [0.25, 0.3) is 5.91 Å². The highest BCUT2D eigenvalue weighted by molar-refractivity contribution is 6.29. The molecule has 4 aromatic rings. The lowest BCUT2D eigenvalue weighted by Crippen LogP contribution is -2.70. The lowest BCUT2D eigenvalue weighted by molar-refractivity contribution is -0.440. The van der Waals surface area contributed by atoms with Crippen molar-refractivity contribution in [3.8, 4) is 0 Å². The molecule has 358 valence electrons. The predicted molar refractivity (Wildman–Crippen MR) is 219 cm³/mol. The molecule has 1 aliphatic carbocycles. The summed E-state index contributed by atoms with van der Waals surface area (Å²) in [6, 6.07) is 30.9. The van der Waals surface area contributed by atoms with Gasteiger partial charge in [-0.2, -0.15) is 57.1 Å². The van der Waals surface area contributed by atoms with Crippen molar-refractivity contribution in [2.75, 3.05) is 13.1 Å². The number of carbonyl (C=O) groups is 3. The largest absolute Gasteiger partial charge is 0.460 e. The Kier molecular flexibility index (Phi) is 13.6. The normalized spacial score (nSPS) is 18.1. The first-order valence-corrected chi connectivity index (χ1v) is 20.5. The Morgan fingerprint density at radius 3 is 1.67 bits per heavy atom. The van der Waals surface area contributed by atoms with Crippen molar-refractivity contribution in [1.29, 1.82) is 0 Å². The monoisotopic (exact) mass is 956 g/mol. The summed E-state index contributed by atoms with van der Waals surface area (Å²) in [5.41, 5.74) is 0.207. The van der Waals surface area contributed by atoms with Gasteiger partial charge in [0.1, 0.15) is 12.1 Å². The number of ether oxygens (including phenoxy) is 1. The highest BCUT2D eigenvalue weighted by Gasteiger charge is 2.90. The number of alkyl halides is 13. The smallest absolute Gasteiger partial charge is 0.445 e. The van der Waals surface area contributed by atoms with Gasteiger partial charge in [-0.15, -0.1) is 0 Å². The SMILES string of the molecule is CC1(C)C(=O)C(c2ccccc2)=C2CN(C(=O)OCc3ccc(CCC(F)(F)C(F)(F)C(F)(F)C(F)(F)C(F)(F)C(F)(F)F)cc3)C(Cc3ccccc3)(C(=O)NCCc3ccccc3)C=C21. The van der Waals surface area contributed by atoms with Gasteiger partial charge in [-0.1, -0.05) is 115 Å². The van der Waals surface area contributed by atoms with Gasteiger partial charge < -0.3 is 10.1 Å². The molecular weight excluding hydrogens is 916 g/mol. The quantitative estimate of drug-likeness (QED) is 0.114. The Bertz CT molecular complexity index is 2510. The first-order valence-electron chi connectivity index (χ1n) is 20.5. The zero-order valence-corrected chi connectivity index (χ0v) is 35.5. The van der Waals surface area contributed by atoms with E-state index in [1.54, 1.807) is 80.6 Å². The first kappa shape index (κ1) is 50.3. The van der Waals surface area contributed by atoms with Crippen LogP contribution < -0.4 is 5.32 Å². The fourth-order valence-corrected chi connectivity index (χ4v) is 7.99. The van der Waals surface area contributed by atoms with Gasteiger partial charge in [0.05, 0.1) is 12.0 Å². The summed E-state index contributed by atoms with van der Waals surface area (Å²) in [4.78, 5) is 44.7. The number of allylic oxidation sites excluding steroid dienone is 1. The van der Waals surface area contributed by atoms with Gasteiger partial charge in [-0.3, -0.25) is 14.5 Å². The molecule has 2 amide bonds. The van der Waals surface area contributed by atoms with E-state index >= 15 is 0 Å². The lowest BCUT2D eigenvalue weighted by Gasteiger charge is -2.45. The maximum Gasteiger partial charge on any atom is 0.460 e. The van der Waals surface area contributed by atoms with Crippen molar-refractivity contribution in [2.45, 2.75) is 87.5 Å². The second-order valence-electron chi connectivity index (χ2n) is 16.8. The molecule has 0 fully saturated rings. The molecule has 1 atom stereocenters. The number of benzene rings is 4. The van der Waals surface area contributed by atoms with Gasteiger partial charge in [-0.25, -0.2) is 4.79 Å². The molecule has 19 heteroatoms. The molecule has 4 aromatic carbocycles. The molecule has 1 N–H and O–H groups in total. The number of halogens is 13. The Balaban J connectivity index is 1.28. The minimum Gasteiger partial charge on any atom is -0.445 e. The molecule has 0 bridgehead atoms. The fraction of sp³-hybridized carbons (Fsp3) is 0.354. The van der Waals surface area contributed by atoms with Crippen LogP contribution in [0, 0.1) is 5.41 Å². The zero-order valence-electron chi connectivity index (χ0n) is 35.5. The molecule has 0 radical (unpaired) electrons. The highest BCUT2D eigenvalue weighted by Crippen LogP contribution is 2.61. The zero-order chi connectivity index (χ0) is 49.4. The number of rotatable bonds is 16. The third-order valence-electron chi connectivity index (χ3n) is 11.9. The van der Waals surface area contributed by atoms with Gasteiger partial charge in [0.2, 0.25) is 0 Å². The van der Waals surface area contributed by atoms with Gasteiger partial charge in [0.15, 0.2) is 5.78 Å². The van der Waals surface area contributed by atoms with E-state index in [2.05, 4.69) is 5.32 Å². The maximum atomic E-state index is 14.8. The van der Waals surface area contributed by atoms with Crippen LogP contribution in [0.5, 0.6) is 0 Å². The van der Waals surface area contributed by atoms with Crippen LogP contribution in [0.2, 0.25) is 0 Å². The molecule has 1 unspecified atom stereocenters. The molecule has 0 spiro atoms. The summed E-state index contributed by atoms with van der Waals surface area (Å²) >= 11 is 0. The number of carbonyl (C=O) groups excluding carboxylic acids is 3. The number of ketones is 1. The van der Waals surface area contributed by atoms with Crippen LogP contribution in [0.15, 0.2) is 132 Å². The number of amides is 2. The van der Waals surface area contributed by atoms with Crippen LogP contribution in [-0.2, 0) is 40.2 Å². The average molecular weight is 957 g/mol. The first-order chi connectivity index (χ1) is 31.1. The summed E-state index contributed by atoms with van der Waals surface area (Å²) in [6.07, 6.45) is -10.3. The van der Waals surface area contributed by atoms with Crippen LogP contribution in [0.4, 0.5) is 61.9 Å². The molecule has 67 heavy (non-hydrogen) atoms. The van der Waals surface area contributed by atoms with Crippen LogP contribution in [0.3, 0.4) is 0 Å². The Labute approximate surface area is 375 Å². The maximum absolute atomic E-state index is 14.8. The summed E-state index contributed by atoms with van der Waals surface area (Å²) in [6.45, 7) is 2.70. The third-order valence-corrected chi connectivity index (χ3v) is 11.9. The molecular formula is C48H41F13N2O4. The van der Waals surface area contributed by atoms with E-state index in [9.17, 15) is 71.5 Å². The van der Waals surface area contributed by atoms with Gasteiger partial charge in [-0.05, 0) is 71.7 Å². The lowest BCUT2D eigenvalue weighted by atomic mass is 9.75. The van der Waals surface area contributed by atoms with Crippen molar-refractivity contribution in [3.05, 3.63) is 160 Å². The van der Waals surface area contributed by atoms with Crippen LogP contribution in [0.1, 0.15) is 48.1 Å². The number of hydrogen-bond acceptors (Lipinski definition) is 4. The van der Waals surface area contributed by atoms with E-state index in [1.807, 2.05) is 30.3 Å². The predicted octanol–water partition coefficient (Wildman–Crippen LogP) is 11.6. The molecule has 1 aliphatic heterocycles. The van der Waals surface area contributed by atoms with E-state index in [0.717, 1.165) is 29.8 Å². The van der Waals surface area contributed by atoms with Crippen molar-refractivity contribution < 1.29 is 76.2 Å². The number of aryl methyl sites for hydroxylation is 1. The number of hydrogen-bond donors (Lipinski definition) is 1. The van der Waals surface area contributed by atoms with E-state index in [4.69, 9.17) is 4.74 Å². The van der Waals surface area contributed by atoms with Gasteiger partial charge >= 0.3 is 41.9 Å². The Hall–Kier alpha value is -6.14. The van der Waals surface area contributed by atoms with E-state index in [0.29, 0.717) is 34.3 Å². The molecule has 0 aromatic heterocycles. The highest BCUT2D eigenvalue weighted by atomic mass is 19.4. The van der Waals surface area contributed by atoms with Crippen molar-refractivity contribution in [2.24, 2.45) is 5.41 Å². The minimum atomic E-state index is -7.99. The van der Waals surface area contributed by atoms with Crippen molar-refractivity contribution in [1.82, 2.24) is 10.2 Å². The molecule has 6 nitrogen and oxygen atoms in total. The molecule has 6 rings (SSSR count). The number of Topliss-reactive ketones (excluding diaryl/α,β-unsaturated/α-hetero) is 1. The summed E-state index contributed by atoms with van der Waals surface area (Å²) in [7, 11) is 0. The van der Waals surface area contributed by atoms with Crippen molar-refractivity contribution >= 4 is 23.4 Å². The number of nitrogens with zero attached hydrogens (tertiary/aromatic N) is 1. The second-order valence-corrected chi connectivity index (χ2v) is 16.8. The summed E-state index contributed by atoms with van der Waals surface area (Å²) in [5.74, 6) is -38.2. The Morgan fingerprint density at radius 2 is 1.12 bits per heavy atom. The number of fused-ring (bicyclic) bond motifs is 1. The van der Waals surface area contributed by atoms with Crippen molar-refractivity contribution in [3.63, 3.8) is 0 Å². The van der Waals surface area contributed by atoms with E-state index < -0.39 is 78.2 Å². The topological polar surface area (TPSA) is 75.7 Å². The second kappa shape index (κ2) is 18.2. The standard InChI is InChI=1S/C48H41F13N2O4/c1-41(2)36-27-42(26-32-14-8-4-9-15-32,39(65)62-25-23-30-12-6-3-7-13-30)63(28-35(36)37(38(41)64)34-16-10-5-11-17-34)40(66)67-29-33-20-18-31(19-21-33)22-24-43(49,50)44(51,52)45(53,54)46(55,56)47(57,58)48(59,60)61/h3-21,27H,22-26,28-29H2,1-2H3,(H,62,65). The minimum absolute atomic E-state index is 0.0888. The fourth-order valence-electron chi connectivity index (χ4n) is 7.99. The van der Waals surface area contributed by atoms with Crippen LogP contribution in [-0.4, -0.2) is 77.1 Å². The average Bonchev–Trinajstić information content (AvgIpc) is 3.47. The van der Waals surface area contributed by atoms with E-state index in [1.165, 1.54) is 4.90 Å².